The van der Waals surface area contributed by atoms with Crippen LogP contribution in [0, 0.1) is 5.41 Å². The van der Waals surface area contributed by atoms with Crippen LogP contribution in [0.5, 0.6) is 0 Å². The molecule has 0 aromatic heterocycles. The van der Waals surface area contributed by atoms with Gasteiger partial charge in [0.2, 0.25) is 0 Å². The highest BCUT2D eigenvalue weighted by atomic mass is 16.5. The summed E-state index contributed by atoms with van der Waals surface area (Å²) in [7, 11) is 0. The van der Waals surface area contributed by atoms with Gasteiger partial charge >= 0.3 is 0 Å². The lowest BCUT2D eigenvalue weighted by atomic mass is 9.67. The van der Waals surface area contributed by atoms with Crippen molar-refractivity contribution in [3.8, 4) is 0 Å². The Kier molecular flexibility index (Phi) is 1.85. The summed E-state index contributed by atoms with van der Waals surface area (Å²) >= 11 is 0. The Balaban J connectivity index is 2.01. The fraction of sp³-hybridized carbons (Fsp3) is 0.692. The summed E-state index contributed by atoms with van der Waals surface area (Å²) in [6, 6.07) is 0. The molecule has 2 spiro atoms. The monoisotopic (exact) mass is 190 g/mol. The van der Waals surface area contributed by atoms with Crippen molar-refractivity contribution >= 4 is 0 Å². The molecule has 0 N–H and O–H groups in total. The van der Waals surface area contributed by atoms with Crippen LogP contribution >= 0.6 is 0 Å². The highest BCUT2D eigenvalue weighted by Crippen LogP contribution is 2.55. The molecule has 2 fully saturated rings. The molecule has 3 aliphatic rings. The second-order valence-electron chi connectivity index (χ2n) is 4.92. The molecule has 1 nitrogen and oxygen atoms in total. The smallest absolute Gasteiger partial charge is 0.0956 e. The van der Waals surface area contributed by atoms with E-state index in [1.165, 1.54) is 38.5 Å². The average molecular weight is 190 g/mol. The van der Waals surface area contributed by atoms with Gasteiger partial charge in [-0.1, -0.05) is 37.1 Å². The Morgan fingerprint density at radius 3 is 2.36 bits per heavy atom. The molecule has 76 valence electrons. The fourth-order valence-corrected chi connectivity index (χ4v) is 3.54. The van der Waals surface area contributed by atoms with Crippen molar-refractivity contribution in [3.05, 3.63) is 24.3 Å². The molecule has 0 radical (unpaired) electrons. The molecule has 1 saturated heterocycles. The van der Waals surface area contributed by atoms with Crippen molar-refractivity contribution in [2.24, 2.45) is 5.41 Å². The van der Waals surface area contributed by atoms with Crippen LogP contribution in [-0.4, -0.2) is 12.2 Å². The summed E-state index contributed by atoms with van der Waals surface area (Å²) in [4.78, 5) is 0. The molecule has 0 bridgehead atoms. The Hall–Kier alpha value is -0.560. The van der Waals surface area contributed by atoms with E-state index in [-0.39, 0.29) is 5.60 Å². The normalized spacial score (nSPS) is 38.9. The molecule has 1 unspecified atom stereocenters. The van der Waals surface area contributed by atoms with E-state index in [0.717, 1.165) is 6.61 Å². The van der Waals surface area contributed by atoms with Crippen LogP contribution in [0.3, 0.4) is 0 Å². The van der Waals surface area contributed by atoms with Crippen molar-refractivity contribution in [3.63, 3.8) is 0 Å². The van der Waals surface area contributed by atoms with E-state index in [2.05, 4.69) is 24.3 Å². The summed E-state index contributed by atoms with van der Waals surface area (Å²) in [5.74, 6) is 0. The minimum Gasteiger partial charge on any atom is -0.370 e. The van der Waals surface area contributed by atoms with Gasteiger partial charge in [0, 0.05) is 12.0 Å². The lowest BCUT2D eigenvalue weighted by Crippen LogP contribution is -2.44. The van der Waals surface area contributed by atoms with Gasteiger partial charge in [-0.05, 0) is 25.7 Å². The van der Waals surface area contributed by atoms with Crippen molar-refractivity contribution in [1.29, 1.82) is 0 Å². The lowest BCUT2D eigenvalue weighted by Gasteiger charge is -2.43. The Morgan fingerprint density at radius 2 is 1.64 bits per heavy atom. The van der Waals surface area contributed by atoms with Gasteiger partial charge in [-0.3, -0.25) is 0 Å². The predicted molar refractivity (Wildman–Crippen MR) is 57.1 cm³/mol. The van der Waals surface area contributed by atoms with Crippen LogP contribution in [0.1, 0.15) is 38.5 Å². The zero-order valence-corrected chi connectivity index (χ0v) is 8.67. The molecule has 2 aliphatic carbocycles. The van der Waals surface area contributed by atoms with Gasteiger partial charge in [0.1, 0.15) is 0 Å². The van der Waals surface area contributed by atoms with Gasteiger partial charge in [0.15, 0.2) is 0 Å². The molecular formula is C13H18O. The third-order valence-electron chi connectivity index (χ3n) is 4.28. The van der Waals surface area contributed by atoms with Crippen LogP contribution in [0.25, 0.3) is 0 Å². The summed E-state index contributed by atoms with van der Waals surface area (Å²) in [5, 5.41) is 0. The van der Waals surface area contributed by atoms with E-state index in [4.69, 9.17) is 4.74 Å². The van der Waals surface area contributed by atoms with Gasteiger partial charge in [-0.2, -0.15) is 0 Å². The number of allylic oxidation sites excluding steroid dienone is 2. The molecule has 1 saturated carbocycles. The van der Waals surface area contributed by atoms with E-state index >= 15 is 0 Å². The molecule has 1 atom stereocenters. The van der Waals surface area contributed by atoms with Crippen LogP contribution in [0.4, 0.5) is 0 Å². The Labute approximate surface area is 85.8 Å². The largest absolute Gasteiger partial charge is 0.370 e. The number of hydrogen-bond acceptors (Lipinski definition) is 1. The summed E-state index contributed by atoms with van der Waals surface area (Å²) in [5.41, 5.74) is 0.441. The van der Waals surface area contributed by atoms with Crippen LogP contribution in [0.15, 0.2) is 24.3 Å². The third-order valence-corrected chi connectivity index (χ3v) is 4.28. The molecule has 0 aromatic rings. The number of fused-ring (bicyclic) bond motifs is 1. The van der Waals surface area contributed by atoms with Crippen molar-refractivity contribution in [1.82, 2.24) is 0 Å². The highest BCUT2D eigenvalue weighted by Gasteiger charge is 2.52. The fourth-order valence-electron chi connectivity index (χ4n) is 3.54. The minimum atomic E-state index is 0.0816. The lowest BCUT2D eigenvalue weighted by molar-refractivity contribution is -0.0394. The van der Waals surface area contributed by atoms with Crippen LogP contribution < -0.4 is 0 Å². The summed E-state index contributed by atoms with van der Waals surface area (Å²) in [6.07, 6.45) is 17.0. The molecule has 1 heterocycles. The molecule has 3 rings (SSSR count). The number of ether oxygens (including phenoxy) is 1. The zero-order chi connectivity index (χ0) is 9.49. The van der Waals surface area contributed by atoms with E-state index in [1.807, 2.05) is 0 Å². The third kappa shape index (κ3) is 0.993. The standard InChI is InChI=1S/C13H18O/c1-2-7-12(6-1)8-3-4-9-13(12)10-5-11-14-13/h3-4,8-9H,1-2,5-7,10-11H2. The van der Waals surface area contributed by atoms with Crippen molar-refractivity contribution < 1.29 is 4.74 Å². The highest BCUT2D eigenvalue weighted by molar-refractivity contribution is 5.29. The second-order valence-corrected chi connectivity index (χ2v) is 4.92. The van der Waals surface area contributed by atoms with E-state index in [1.54, 1.807) is 0 Å². The van der Waals surface area contributed by atoms with Crippen LogP contribution in [0.2, 0.25) is 0 Å². The van der Waals surface area contributed by atoms with Crippen molar-refractivity contribution in [2.75, 3.05) is 6.61 Å². The summed E-state index contributed by atoms with van der Waals surface area (Å²) in [6.45, 7) is 0.958. The van der Waals surface area contributed by atoms with Gasteiger partial charge < -0.3 is 4.74 Å². The average Bonchev–Trinajstić information content (AvgIpc) is 2.81. The Morgan fingerprint density at radius 1 is 0.857 bits per heavy atom. The van der Waals surface area contributed by atoms with Gasteiger partial charge in [-0.25, -0.2) is 0 Å². The SMILES string of the molecule is C1=CC2(CCCC2)C2(C=C1)CCCO2. The molecule has 1 aliphatic heterocycles. The zero-order valence-electron chi connectivity index (χ0n) is 8.67. The maximum atomic E-state index is 6.08. The number of rotatable bonds is 0. The first-order valence-electron chi connectivity index (χ1n) is 5.88. The first kappa shape index (κ1) is 8.72. The minimum absolute atomic E-state index is 0.0816. The summed E-state index contributed by atoms with van der Waals surface area (Å²) < 4.78 is 6.08. The maximum absolute atomic E-state index is 6.08. The first-order valence-corrected chi connectivity index (χ1v) is 5.88. The molecular weight excluding hydrogens is 172 g/mol. The maximum Gasteiger partial charge on any atom is 0.0956 e. The van der Waals surface area contributed by atoms with Crippen LogP contribution in [-0.2, 0) is 4.74 Å². The molecule has 0 amide bonds. The Bertz CT molecular complexity index is 246. The quantitative estimate of drug-likeness (QED) is 0.570. The van der Waals surface area contributed by atoms with E-state index in [9.17, 15) is 0 Å². The van der Waals surface area contributed by atoms with Gasteiger partial charge in [0.25, 0.3) is 0 Å². The van der Waals surface area contributed by atoms with E-state index < -0.39 is 0 Å². The number of hydrogen-bond donors (Lipinski definition) is 0. The molecule has 14 heavy (non-hydrogen) atoms. The van der Waals surface area contributed by atoms with E-state index in [0.29, 0.717) is 5.41 Å². The topological polar surface area (TPSA) is 9.23 Å². The van der Waals surface area contributed by atoms with Gasteiger partial charge in [0.05, 0.1) is 5.60 Å². The first-order chi connectivity index (χ1) is 6.87. The van der Waals surface area contributed by atoms with Gasteiger partial charge in [-0.15, -0.1) is 0 Å². The molecule has 0 aromatic carbocycles. The second kappa shape index (κ2) is 2.96. The molecule has 1 heteroatoms. The predicted octanol–water partition coefficient (Wildman–Crippen LogP) is 3.22. The van der Waals surface area contributed by atoms with Crippen molar-refractivity contribution in [2.45, 2.75) is 44.1 Å².